The molecule has 0 bridgehead atoms. The van der Waals surface area contributed by atoms with E-state index in [0.29, 0.717) is 24.5 Å². The normalized spacial score (nSPS) is 31.7. The number of hydrogen-bond acceptors (Lipinski definition) is 3. The standard InChI is InChI=1S/C17H30N2O2/c1-2-15-17(20)19(11-12-21-14-9-5-6-10-14)16(18-15)13-7-3-4-8-13/h13-16,18H,2-12H2,1H3. The van der Waals surface area contributed by atoms with Crippen molar-refractivity contribution in [1.82, 2.24) is 10.2 Å². The molecule has 1 saturated heterocycles. The van der Waals surface area contributed by atoms with Gasteiger partial charge in [0.2, 0.25) is 5.91 Å². The summed E-state index contributed by atoms with van der Waals surface area (Å²) in [5.74, 6) is 0.946. The number of carbonyl (C=O) groups is 1. The average molecular weight is 294 g/mol. The van der Waals surface area contributed by atoms with Crippen molar-refractivity contribution in [3.63, 3.8) is 0 Å². The highest BCUT2D eigenvalue weighted by atomic mass is 16.5. The molecular formula is C17H30N2O2. The Morgan fingerprint density at radius 3 is 2.48 bits per heavy atom. The maximum absolute atomic E-state index is 12.5. The van der Waals surface area contributed by atoms with E-state index in [1.165, 1.54) is 51.4 Å². The molecule has 120 valence electrons. The zero-order valence-corrected chi connectivity index (χ0v) is 13.4. The van der Waals surface area contributed by atoms with E-state index in [2.05, 4.69) is 17.1 Å². The molecule has 4 nitrogen and oxygen atoms in total. The van der Waals surface area contributed by atoms with Crippen LogP contribution in [-0.4, -0.2) is 42.3 Å². The molecule has 21 heavy (non-hydrogen) atoms. The lowest BCUT2D eigenvalue weighted by molar-refractivity contribution is -0.131. The number of rotatable bonds is 6. The van der Waals surface area contributed by atoms with Gasteiger partial charge >= 0.3 is 0 Å². The van der Waals surface area contributed by atoms with Crippen LogP contribution in [-0.2, 0) is 9.53 Å². The summed E-state index contributed by atoms with van der Waals surface area (Å²) >= 11 is 0. The number of nitrogens with one attached hydrogen (secondary N) is 1. The van der Waals surface area contributed by atoms with Crippen molar-refractivity contribution in [3.05, 3.63) is 0 Å². The van der Waals surface area contributed by atoms with Crippen LogP contribution in [0, 0.1) is 5.92 Å². The van der Waals surface area contributed by atoms with E-state index in [1.807, 2.05) is 0 Å². The van der Waals surface area contributed by atoms with Crippen molar-refractivity contribution in [3.8, 4) is 0 Å². The molecule has 0 aromatic rings. The van der Waals surface area contributed by atoms with Crippen LogP contribution in [0.15, 0.2) is 0 Å². The molecular weight excluding hydrogens is 264 g/mol. The maximum Gasteiger partial charge on any atom is 0.241 e. The van der Waals surface area contributed by atoms with Gasteiger partial charge in [0.05, 0.1) is 24.9 Å². The van der Waals surface area contributed by atoms with Crippen LogP contribution in [0.25, 0.3) is 0 Å². The SMILES string of the molecule is CCC1NC(C2CCCC2)N(CCOC2CCCC2)C1=O. The number of ether oxygens (including phenoxy) is 1. The highest BCUT2D eigenvalue weighted by molar-refractivity contribution is 5.84. The fourth-order valence-corrected chi connectivity index (χ4v) is 4.28. The molecule has 0 radical (unpaired) electrons. The van der Waals surface area contributed by atoms with Gasteiger partial charge in [-0.25, -0.2) is 0 Å². The third kappa shape index (κ3) is 3.42. The highest BCUT2D eigenvalue weighted by Crippen LogP contribution is 2.32. The summed E-state index contributed by atoms with van der Waals surface area (Å²) in [6.07, 6.45) is 11.8. The number of amides is 1. The zero-order chi connectivity index (χ0) is 14.7. The number of hydrogen-bond donors (Lipinski definition) is 1. The Kier molecular flexibility index (Phi) is 5.17. The highest BCUT2D eigenvalue weighted by Gasteiger charge is 2.42. The minimum absolute atomic E-state index is 0.0297. The molecule has 0 spiro atoms. The summed E-state index contributed by atoms with van der Waals surface area (Å²) in [6, 6.07) is 0.0297. The third-order valence-electron chi connectivity index (χ3n) is 5.53. The second-order valence-corrected chi connectivity index (χ2v) is 6.93. The molecule has 1 amide bonds. The lowest BCUT2D eigenvalue weighted by atomic mass is 10.0. The fourth-order valence-electron chi connectivity index (χ4n) is 4.28. The largest absolute Gasteiger partial charge is 0.376 e. The molecule has 1 aliphatic heterocycles. The Morgan fingerprint density at radius 2 is 1.81 bits per heavy atom. The first-order chi connectivity index (χ1) is 10.3. The van der Waals surface area contributed by atoms with Gasteiger partial charge in [0.1, 0.15) is 0 Å². The van der Waals surface area contributed by atoms with Crippen molar-refractivity contribution in [2.45, 2.75) is 83.0 Å². The molecule has 2 unspecified atom stereocenters. The molecule has 2 aliphatic carbocycles. The molecule has 0 aromatic heterocycles. The van der Waals surface area contributed by atoms with Gasteiger partial charge in [-0.3, -0.25) is 10.1 Å². The van der Waals surface area contributed by atoms with E-state index in [0.717, 1.165) is 13.0 Å². The first kappa shape index (κ1) is 15.3. The van der Waals surface area contributed by atoms with Gasteiger partial charge in [-0.1, -0.05) is 32.6 Å². The summed E-state index contributed by atoms with van der Waals surface area (Å²) < 4.78 is 5.97. The average Bonchev–Trinajstić information content (AvgIpc) is 3.21. The second kappa shape index (κ2) is 7.10. The smallest absolute Gasteiger partial charge is 0.241 e. The summed E-state index contributed by atoms with van der Waals surface area (Å²) in [5.41, 5.74) is 0. The predicted octanol–water partition coefficient (Wildman–Crippen LogP) is 2.67. The van der Waals surface area contributed by atoms with Crippen molar-refractivity contribution >= 4 is 5.91 Å². The van der Waals surface area contributed by atoms with Gasteiger partial charge in [0.15, 0.2) is 0 Å². The van der Waals surface area contributed by atoms with Crippen molar-refractivity contribution in [1.29, 1.82) is 0 Å². The molecule has 3 rings (SSSR count). The first-order valence-electron chi connectivity index (χ1n) is 8.97. The van der Waals surface area contributed by atoms with Crippen LogP contribution < -0.4 is 5.32 Å². The Bertz CT molecular complexity index is 349. The fraction of sp³-hybridized carbons (Fsp3) is 0.941. The Hall–Kier alpha value is -0.610. The van der Waals surface area contributed by atoms with E-state index >= 15 is 0 Å². The first-order valence-corrected chi connectivity index (χ1v) is 8.97. The Labute approximate surface area is 128 Å². The lowest BCUT2D eigenvalue weighted by Gasteiger charge is -2.29. The molecule has 3 fully saturated rings. The van der Waals surface area contributed by atoms with Crippen LogP contribution in [0.3, 0.4) is 0 Å². The van der Waals surface area contributed by atoms with Crippen LogP contribution in [0.4, 0.5) is 0 Å². The molecule has 1 N–H and O–H groups in total. The predicted molar refractivity (Wildman–Crippen MR) is 82.9 cm³/mol. The van der Waals surface area contributed by atoms with Gasteiger partial charge in [0.25, 0.3) is 0 Å². The van der Waals surface area contributed by atoms with E-state index < -0.39 is 0 Å². The number of nitrogens with zero attached hydrogens (tertiary/aromatic N) is 1. The maximum atomic E-state index is 12.5. The Balaban J connectivity index is 1.54. The second-order valence-electron chi connectivity index (χ2n) is 6.93. The van der Waals surface area contributed by atoms with E-state index in [-0.39, 0.29) is 12.2 Å². The van der Waals surface area contributed by atoms with Crippen molar-refractivity contribution in [2.75, 3.05) is 13.2 Å². The molecule has 0 aromatic carbocycles. The van der Waals surface area contributed by atoms with Gasteiger partial charge in [-0.15, -0.1) is 0 Å². The van der Waals surface area contributed by atoms with E-state index in [1.54, 1.807) is 0 Å². The van der Waals surface area contributed by atoms with Gasteiger partial charge in [-0.05, 0) is 38.0 Å². The summed E-state index contributed by atoms with van der Waals surface area (Å²) in [7, 11) is 0. The minimum Gasteiger partial charge on any atom is -0.376 e. The summed E-state index contributed by atoms with van der Waals surface area (Å²) in [6.45, 7) is 3.57. The third-order valence-corrected chi connectivity index (χ3v) is 5.53. The minimum atomic E-state index is 0.0297. The van der Waals surface area contributed by atoms with Crippen molar-refractivity contribution < 1.29 is 9.53 Å². The van der Waals surface area contributed by atoms with Gasteiger partial charge in [-0.2, -0.15) is 0 Å². The summed E-state index contributed by atoms with van der Waals surface area (Å²) in [5, 5.41) is 3.58. The monoisotopic (exact) mass is 294 g/mol. The van der Waals surface area contributed by atoms with Crippen LogP contribution in [0.1, 0.15) is 64.7 Å². The summed E-state index contributed by atoms with van der Waals surface area (Å²) in [4.78, 5) is 14.6. The van der Waals surface area contributed by atoms with Crippen LogP contribution in [0.2, 0.25) is 0 Å². The van der Waals surface area contributed by atoms with Crippen LogP contribution in [0.5, 0.6) is 0 Å². The topological polar surface area (TPSA) is 41.6 Å². The van der Waals surface area contributed by atoms with E-state index in [9.17, 15) is 4.79 Å². The quantitative estimate of drug-likeness (QED) is 0.819. The molecule has 4 heteroatoms. The molecule has 3 aliphatic rings. The number of carbonyl (C=O) groups excluding carboxylic acids is 1. The molecule has 2 atom stereocenters. The van der Waals surface area contributed by atoms with Crippen molar-refractivity contribution in [2.24, 2.45) is 5.92 Å². The van der Waals surface area contributed by atoms with Gasteiger partial charge < -0.3 is 9.64 Å². The van der Waals surface area contributed by atoms with Crippen LogP contribution >= 0.6 is 0 Å². The molecule has 2 saturated carbocycles. The zero-order valence-electron chi connectivity index (χ0n) is 13.4. The van der Waals surface area contributed by atoms with Gasteiger partial charge in [0, 0.05) is 6.54 Å². The molecule has 1 heterocycles. The van der Waals surface area contributed by atoms with E-state index in [4.69, 9.17) is 4.74 Å². The Morgan fingerprint density at radius 1 is 1.14 bits per heavy atom. The lowest BCUT2D eigenvalue weighted by Crippen LogP contribution is -2.44.